The minimum absolute atomic E-state index is 0.0713. The fourth-order valence-electron chi connectivity index (χ4n) is 4.18. The van der Waals surface area contributed by atoms with Gasteiger partial charge in [-0.3, -0.25) is 13.9 Å². The van der Waals surface area contributed by atoms with Crippen molar-refractivity contribution in [2.24, 2.45) is 0 Å². The molecule has 226 valence electrons. The van der Waals surface area contributed by atoms with Gasteiger partial charge in [0.2, 0.25) is 11.8 Å². The Hall–Kier alpha value is -4.12. The molecule has 0 radical (unpaired) electrons. The Morgan fingerprint density at radius 2 is 1.55 bits per heavy atom. The third-order valence-corrected chi connectivity index (χ3v) is 8.75. The van der Waals surface area contributed by atoms with Gasteiger partial charge in [-0.2, -0.15) is 0 Å². The van der Waals surface area contributed by atoms with Crippen LogP contribution >= 0.6 is 0 Å². The molecule has 0 aromatic heterocycles. The molecule has 2 atom stereocenters. The molecule has 42 heavy (non-hydrogen) atoms. The molecule has 0 aliphatic heterocycles. The molecule has 0 aliphatic rings. The molecule has 0 saturated heterocycles. The minimum atomic E-state index is -4.37. The standard InChI is InChI=1S/C31H38FN3O6S/c1-7-22(3)33-31(37)23(4)34(19-24-10-8-21(2)9-11-24)30(36)20-35(26-14-12-25(32)13-15-26)42(38,39)27-16-17-28(40-5)29(18-27)41-6/h8-18,22-23H,7,19-20H2,1-6H3,(H,33,37). The molecule has 11 heteroatoms. The van der Waals surface area contributed by atoms with Crippen LogP contribution in [0.4, 0.5) is 10.1 Å². The summed E-state index contributed by atoms with van der Waals surface area (Å²) in [6.07, 6.45) is 0.701. The summed E-state index contributed by atoms with van der Waals surface area (Å²) in [5.41, 5.74) is 1.88. The van der Waals surface area contributed by atoms with Gasteiger partial charge in [-0.25, -0.2) is 12.8 Å². The van der Waals surface area contributed by atoms with E-state index in [0.717, 1.165) is 27.6 Å². The Morgan fingerprint density at radius 1 is 0.929 bits per heavy atom. The van der Waals surface area contributed by atoms with E-state index in [1.165, 1.54) is 49.5 Å². The van der Waals surface area contributed by atoms with E-state index in [1.807, 2.05) is 45.0 Å². The quantitative estimate of drug-likeness (QED) is 0.306. The molecule has 0 bridgehead atoms. The third kappa shape index (κ3) is 7.79. The Bertz CT molecular complexity index is 1480. The Kier molecular flexibility index (Phi) is 10.9. The van der Waals surface area contributed by atoms with E-state index in [4.69, 9.17) is 9.47 Å². The first-order valence-electron chi connectivity index (χ1n) is 13.6. The van der Waals surface area contributed by atoms with E-state index in [-0.39, 0.29) is 34.8 Å². The van der Waals surface area contributed by atoms with Crippen LogP contribution in [-0.4, -0.2) is 58.0 Å². The lowest BCUT2D eigenvalue weighted by molar-refractivity contribution is -0.139. The fourth-order valence-corrected chi connectivity index (χ4v) is 5.61. The summed E-state index contributed by atoms with van der Waals surface area (Å²) in [6.45, 7) is 6.77. The molecule has 2 amide bonds. The van der Waals surface area contributed by atoms with Crippen LogP contribution in [0, 0.1) is 12.7 Å². The first kappa shape index (κ1) is 32.4. The summed E-state index contributed by atoms with van der Waals surface area (Å²) in [6, 6.07) is 15.3. The number of rotatable bonds is 13. The van der Waals surface area contributed by atoms with Crippen LogP contribution in [0.25, 0.3) is 0 Å². The summed E-state index contributed by atoms with van der Waals surface area (Å²) in [7, 11) is -1.57. The van der Waals surface area contributed by atoms with Crippen LogP contribution in [0.2, 0.25) is 0 Å². The molecular formula is C31H38FN3O6S. The predicted molar refractivity (Wildman–Crippen MR) is 160 cm³/mol. The second-order valence-electron chi connectivity index (χ2n) is 10.0. The van der Waals surface area contributed by atoms with Crippen molar-refractivity contribution in [2.45, 2.75) is 57.6 Å². The average Bonchev–Trinajstić information content (AvgIpc) is 2.98. The van der Waals surface area contributed by atoms with Crippen molar-refractivity contribution in [1.82, 2.24) is 10.2 Å². The Labute approximate surface area is 247 Å². The smallest absolute Gasteiger partial charge is 0.264 e. The van der Waals surface area contributed by atoms with Gasteiger partial charge < -0.3 is 19.7 Å². The zero-order valence-electron chi connectivity index (χ0n) is 24.8. The summed E-state index contributed by atoms with van der Waals surface area (Å²) < 4.78 is 53.3. The number of nitrogens with zero attached hydrogens (tertiary/aromatic N) is 2. The molecule has 0 aliphatic carbocycles. The van der Waals surface area contributed by atoms with Crippen LogP contribution in [0.15, 0.2) is 71.6 Å². The third-order valence-electron chi connectivity index (χ3n) is 6.98. The second-order valence-corrected chi connectivity index (χ2v) is 11.9. The number of carbonyl (C=O) groups is 2. The van der Waals surface area contributed by atoms with Crippen LogP contribution < -0.4 is 19.1 Å². The maximum atomic E-state index is 14.0. The highest BCUT2D eigenvalue weighted by Gasteiger charge is 2.33. The highest BCUT2D eigenvalue weighted by molar-refractivity contribution is 7.92. The van der Waals surface area contributed by atoms with Crippen LogP contribution in [0.3, 0.4) is 0 Å². The first-order chi connectivity index (χ1) is 19.9. The highest BCUT2D eigenvalue weighted by Crippen LogP contribution is 2.32. The van der Waals surface area contributed by atoms with E-state index < -0.39 is 34.3 Å². The van der Waals surface area contributed by atoms with E-state index >= 15 is 0 Å². The molecule has 3 aromatic carbocycles. The van der Waals surface area contributed by atoms with E-state index in [0.29, 0.717) is 12.2 Å². The van der Waals surface area contributed by atoms with Crippen molar-refractivity contribution >= 4 is 27.5 Å². The van der Waals surface area contributed by atoms with Crippen molar-refractivity contribution in [2.75, 3.05) is 25.1 Å². The number of nitrogens with one attached hydrogen (secondary N) is 1. The van der Waals surface area contributed by atoms with Gasteiger partial charge in [-0.05, 0) is 69.2 Å². The van der Waals surface area contributed by atoms with Crippen molar-refractivity contribution in [3.63, 3.8) is 0 Å². The van der Waals surface area contributed by atoms with Gasteiger partial charge in [0.15, 0.2) is 11.5 Å². The van der Waals surface area contributed by atoms with Gasteiger partial charge in [-0.1, -0.05) is 36.8 Å². The molecular weight excluding hydrogens is 561 g/mol. The first-order valence-corrected chi connectivity index (χ1v) is 15.0. The number of sulfonamides is 1. The number of hydrogen-bond donors (Lipinski definition) is 1. The van der Waals surface area contributed by atoms with Crippen molar-refractivity contribution < 1.29 is 31.9 Å². The van der Waals surface area contributed by atoms with Crippen LogP contribution in [0.1, 0.15) is 38.3 Å². The maximum absolute atomic E-state index is 14.0. The topological polar surface area (TPSA) is 105 Å². The summed E-state index contributed by atoms with van der Waals surface area (Å²) in [5, 5.41) is 2.90. The van der Waals surface area contributed by atoms with E-state index in [2.05, 4.69) is 5.32 Å². The summed E-state index contributed by atoms with van der Waals surface area (Å²) in [4.78, 5) is 28.3. The summed E-state index contributed by atoms with van der Waals surface area (Å²) in [5.74, 6) is -1.03. The molecule has 0 heterocycles. The number of aryl methyl sites for hydroxylation is 1. The maximum Gasteiger partial charge on any atom is 0.264 e. The lowest BCUT2D eigenvalue weighted by atomic mass is 10.1. The largest absolute Gasteiger partial charge is 0.493 e. The number of amides is 2. The highest BCUT2D eigenvalue weighted by atomic mass is 32.2. The molecule has 0 saturated carbocycles. The predicted octanol–water partition coefficient (Wildman–Crippen LogP) is 4.68. The average molecular weight is 600 g/mol. The summed E-state index contributed by atoms with van der Waals surface area (Å²) >= 11 is 0. The molecule has 1 N–H and O–H groups in total. The molecule has 2 unspecified atom stereocenters. The Morgan fingerprint density at radius 3 is 2.12 bits per heavy atom. The van der Waals surface area contributed by atoms with Gasteiger partial charge in [-0.15, -0.1) is 0 Å². The SMILES string of the molecule is CCC(C)NC(=O)C(C)N(Cc1ccc(C)cc1)C(=O)CN(c1ccc(F)cc1)S(=O)(=O)c1ccc(OC)c(OC)c1. The number of benzene rings is 3. The van der Waals surface area contributed by atoms with E-state index in [9.17, 15) is 22.4 Å². The van der Waals surface area contributed by atoms with E-state index in [1.54, 1.807) is 6.92 Å². The minimum Gasteiger partial charge on any atom is -0.493 e. The molecule has 0 spiro atoms. The second kappa shape index (κ2) is 14.2. The zero-order valence-corrected chi connectivity index (χ0v) is 25.6. The number of hydrogen-bond acceptors (Lipinski definition) is 6. The number of ether oxygens (including phenoxy) is 2. The van der Waals surface area contributed by atoms with Crippen molar-refractivity contribution in [3.8, 4) is 11.5 Å². The van der Waals surface area contributed by atoms with Gasteiger partial charge >= 0.3 is 0 Å². The number of methoxy groups -OCH3 is 2. The fraction of sp³-hybridized carbons (Fsp3) is 0.355. The van der Waals surface area contributed by atoms with Crippen molar-refractivity contribution in [1.29, 1.82) is 0 Å². The normalized spacial score (nSPS) is 12.6. The van der Waals surface area contributed by atoms with Crippen LogP contribution in [0.5, 0.6) is 11.5 Å². The Balaban J connectivity index is 2.06. The lowest BCUT2D eigenvalue weighted by Crippen LogP contribution is -2.52. The van der Waals surface area contributed by atoms with Gasteiger partial charge in [0.1, 0.15) is 18.4 Å². The number of halogens is 1. The molecule has 9 nitrogen and oxygen atoms in total. The molecule has 0 fully saturated rings. The number of carbonyl (C=O) groups excluding carboxylic acids is 2. The van der Waals surface area contributed by atoms with Crippen molar-refractivity contribution in [3.05, 3.63) is 83.7 Å². The monoisotopic (exact) mass is 599 g/mol. The van der Waals surface area contributed by atoms with Crippen LogP contribution in [-0.2, 0) is 26.2 Å². The lowest BCUT2D eigenvalue weighted by Gasteiger charge is -2.32. The zero-order chi connectivity index (χ0) is 31.0. The van der Waals surface area contributed by atoms with Gasteiger partial charge in [0.25, 0.3) is 10.0 Å². The molecule has 3 rings (SSSR count). The van der Waals surface area contributed by atoms with Gasteiger partial charge in [0.05, 0.1) is 24.8 Å². The number of anilines is 1. The molecule has 3 aromatic rings. The van der Waals surface area contributed by atoms with Gasteiger partial charge in [0, 0.05) is 18.7 Å².